The van der Waals surface area contributed by atoms with E-state index in [-0.39, 0.29) is 12.1 Å². The van der Waals surface area contributed by atoms with Crippen LogP contribution in [-0.4, -0.2) is 14.5 Å². The van der Waals surface area contributed by atoms with Gasteiger partial charge in [0.1, 0.15) is 0 Å². The van der Waals surface area contributed by atoms with Gasteiger partial charge in [-0.05, 0) is 31.5 Å². The lowest BCUT2D eigenvalue weighted by atomic mass is 10.1. The molecule has 0 radical (unpaired) electrons. The maximum Gasteiger partial charge on any atom is 0.0954 e. The minimum absolute atomic E-state index is 0.00760. The van der Waals surface area contributed by atoms with Gasteiger partial charge in [-0.3, -0.25) is 4.98 Å². The molecule has 2 rings (SSSR count). The smallest absolute Gasteiger partial charge is 0.0954 e. The summed E-state index contributed by atoms with van der Waals surface area (Å²) in [6.07, 6.45) is 7.24. The van der Waals surface area contributed by atoms with Crippen molar-refractivity contribution in [3.8, 4) is 0 Å². The quantitative estimate of drug-likeness (QED) is 0.852. The summed E-state index contributed by atoms with van der Waals surface area (Å²) in [7, 11) is 0. The van der Waals surface area contributed by atoms with Crippen molar-refractivity contribution in [2.24, 2.45) is 5.73 Å². The van der Waals surface area contributed by atoms with Crippen LogP contribution in [0.3, 0.4) is 0 Å². The van der Waals surface area contributed by atoms with Gasteiger partial charge in [-0.15, -0.1) is 0 Å². The molecule has 0 aromatic carbocycles. The molecule has 0 fully saturated rings. The molecule has 4 heteroatoms. The second kappa shape index (κ2) is 4.45. The van der Waals surface area contributed by atoms with Crippen LogP contribution in [0, 0.1) is 0 Å². The van der Waals surface area contributed by atoms with Crippen molar-refractivity contribution in [1.82, 2.24) is 14.5 Å². The van der Waals surface area contributed by atoms with Crippen LogP contribution in [0.1, 0.15) is 37.2 Å². The van der Waals surface area contributed by atoms with E-state index in [0.717, 1.165) is 5.69 Å². The molecule has 84 valence electrons. The molecule has 4 nitrogen and oxygen atoms in total. The standard InChI is InChI=1S/C12H16N4/c1-9(13)12-7-15-8-16(12)10(2)11-3-5-14-6-4-11/h3-10H,13H2,1-2H3/t9-,10?/m1/s1. The zero-order valence-electron chi connectivity index (χ0n) is 9.54. The van der Waals surface area contributed by atoms with E-state index in [1.165, 1.54) is 5.56 Å². The highest BCUT2D eigenvalue weighted by Gasteiger charge is 2.13. The molecule has 1 unspecified atom stereocenters. The first-order chi connectivity index (χ1) is 7.70. The molecule has 0 amide bonds. The summed E-state index contributed by atoms with van der Waals surface area (Å²) in [6.45, 7) is 4.09. The molecule has 0 saturated carbocycles. The van der Waals surface area contributed by atoms with Crippen molar-refractivity contribution in [1.29, 1.82) is 0 Å². The van der Waals surface area contributed by atoms with E-state index in [0.29, 0.717) is 0 Å². The Morgan fingerprint density at radius 1 is 1.19 bits per heavy atom. The van der Waals surface area contributed by atoms with Gasteiger partial charge < -0.3 is 10.3 Å². The number of nitrogens with two attached hydrogens (primary N) is 1. The summed E-state index contributed by atoms with van der Waals surface area (Å²) >= 11 is 0. The Morgan fingerprint density at radius 2 is 1.88 bits per heavy atom. The number of hydrogen-bond donors (Lipinski definition) is 1. The fourth-order valence-corrected chi connectivity index (χ4v) is 1.79. The second-order valence-electron chi connectivity index (χ2n) is 3.97. The number of nitrogens with zero attached hydrogens (tertiary/aromatic N) is 3. The summed E-state index contributed by atoms with van der Waals surface area (Å²) in [5.41, 5.74) is 8.15. The first kappa shape index (κ1) is 10.8. The summed E-state index contributed by atoms with van der Waals surface area (Å²) in [5.74, 6) is 0. The molecule has 16 heavy (non-hydrogen) atoms. The van der Waals surface area contributed by atoms with Crippen LogP contribution in [0.15, 0.2) is 37.1 Å². The van der Waals surface area contributed by atoms with Gasteiger partial charge in [0.15, 0.2) is 0 Å². The van der Waals surface area contributed by atoms with Crippen LogP contribution in [0.4, 0.5) is 0 Å². The fourth-order valence-electron chi connectivity index (χ4n) is 1.79. The third kappa shape index (κ3) is 1.97. The first-order valence-corrected chi connectivity index (χ1v) is 5.37. The summed E-state index contributed by atoms with van der Waals surface area (Å²) < 4.78 is 2.10. The van der Waals surface area contributed by atoms with Crippen LogP contribution in [-0.2, 0) is 0 Å². The van der Waals surface area contributed by atoms with Crippen LogP contribution in [0.5, 0.6) is 0 Å². The highest BCUT2D eigenvalue weighted by molar-refractivity contribution is 5.18. The third-order valence-corrected chi connectivity index (χ3v) is 2.77. The highest BCUT2D eigenvalue weighted by Crippen LogP contribution is 2.21. The zero-order chi connectivity index (χ0) is 11.5. The molecule has 2 atom stereocenters. The van der Waals surface area contributed by atoms with Gasteiger partial charge >= 0.3 is 0 Å². The van der Waals surface area contributed by atoms with Gasteiger partial charge in [-0.25, -0.2) is 4.98 Å². The maximum absolute atomic E-state index is 5.90. The summed E-state index contributed by atoms with van der Waals surface area (Å²) in [4.78, 5) is 8.17. The van der Waals surface area contributed by atoms with E-state index in [4.69, 9.17) is 5.73 Å². The molecule has 0 bridgehead atoms. The van der Waals surface area contributed by atoms with Crippen molar-refractivity contribution < 1.29 is 0 Å². The molecular formula is C12H16N4. The third-order valence-electron chi connectivity index (χ3n) is 2.77. The Balaban J connectivity index is 2.34. The van der Waals surface area contributed by atoms with Crippen molar-refractivity contribution in [3.05, 3.63) is 48.3 Å². The summed E-state index contributed by atoms with van der Waals surface area (Å²) in [6, 6.07) is 4.24. The van der Waals surface area contributed by atoms with Gasteiger partial charge in [0.25, 0.3) is 0 Å². The predicted octanol–water partition coefficient (Wildman–Crippen LogP) is 1.91. The minimum atomic E-state index is -0.00760. The predicted molar refractivity (Wildman–Crippen MR) is 62.9 cm³/mol. The van der Waals surface area contributed by atoms with E-state index in [9.17, 15) is 0 Å². The monoisotopic (exact) mass is 216 g/mol. The molecular weight excluding hydrogens is 200 g/mol. The van der Waals surface area contributed by atoms with Gasteiger partial charge in [0.2, 0.25) is 0 Å². The van der Waals surface area contributed by atoms with E-state index < -0.39 is 0 Å². The molecule has 0 aliphatic rings. The Labute approximate surface area is 95.1 Å². The average molecular weight is 216 g/mol. The number of pyridine rings is 1. The number of rotatable bonds is 3. The molecule has 0 saturated heterocycles. The molecule has 2 heterocycles. The number of imidazole rings is 1. The van der Waals surface area contributed by atoms with Gasteiger partial charge in [0, 0.05) is 24.6 Å². The normalized spacial score (nSPS) is 14.7. The molecule has 2 aromatic heterocycles. The van der Waals surface area contributed by atoms with Crippen LogP contribution < -0.4 is 5.73 Å². The Kier molecular flexibility index (Phi) is 3.01. The SMILES string of the molecule is CC(c1ccncc1)n1cncc1[C@@H](C)N. The van der Waals surface area contributed by atoms with E-state index in [2.05, 4.69) is 21.5 Å². The van der Waals surface area contributed by atoms with Gasteiger partial charge in [-0.2, -0.15) is 0 Å². The van der Waals surface area contributed by atoms with Gasteiger partial charge in [-0.1, -0.05) is 0 Å². The van der Waals surface area contributed by atoms with Crippen molar-refractivity contribution in [3.63, 3.8) is 0 Å². The summed E-state index contributed by atoms with van der Waals surface area (Å²) in [5, 5.41) is 0. The molecule has 2 aromatic rings. The lowest BCUT2D eigenvalue weighted by Crippen LogP contribution is -2.15. The lowest BCUT2D eigenvalue weighted by Gasteiger charge is -2.18. The first-order valence-electron chi connectivity index (χ1n) is 5.37. The molecule has 0 aliphatic carbocycles. The number of hydrogen-bond acceptors (Lipinski definition) is 3. The molecule has 0 aliphatic heterocycles. The lowest BCUT2D eigenvalue weighted by molar-refractivity contribution is 0.581. The Hall–Kier alpha value is -1.68. The van der Waals surface area contributed by atoms with Crippen LogP contribution in [0.25, 0.3) is 0 Å². The van der Waals surface area contributed by atoms with Crippen molar-refractivity contribution in [2.45, 2.75) is 25.9 Å². The van der Waals surface area contributed by atoms with E-state index in [1.807, 2.05) is 31.6 Å². The topological polar surface area (TPSA) is 56.7 Å². The Morgan fingerprint density at radius 3 is 2.50 bits per heavy atom. The maximum atomic E-state index is 5.90. The van der Waals surface area contributed by atoms with E-state index in [1.54, 1.807) is 12.4 Å². The average Bonchev–Trinajstić information content (AvgIpc) is 2.78. The molecule has 0 spiro atoms. The fraction of sp³-hybridized carbons (Fsp3) is 0.333. The van der Waals surface area contributed by atoms with E-state index >= 15 is 0 Å². The largest absolute Gasteiger partial charge is 0.326 e. The zero-order valence-corrected chi connectivity index (χ0v) is 9.54. The second-order valence-corrected chi connectivity index (χ2v) is 3.97. The van der Waals surface area contributed by atoms with Crippen molar-refractivity contribution >= 4 is 0 Å². The van der Waals surface area contributed by atoms with Crippen LogP contribution in [0.2, 0.25) is 0 Å². The van der Waals surface area contributed by atoms with Crippen molar-refractivity contribution in [2.75, 3.05) is 0 Å². The minimum Gasteiger partial charge on any atom is -0.326 e. The van der Waals surface area contributed by atoms with Crippen LogP contribution >= 0.6 is 0 Å². The van der Waals surface area contributed by atoms with Gasteiger partial charge in [0.05, 0.1) is 18.1 Å². The Bertz CT molecular complexity index is 447. The highest BCUT2D eigenvalue weighted by atomic mass is 15.1. The number of aromatic nitrogens is 3. The molecule has 2 N–H and O–H groups in total.